The summed E-state index contributed by atoms with van der Waals surface area (Å²) in [6, 6.07) is 4.44. The van der Waals surface area contributed by atoms with Gasteiger partial charge in [0.1, 0.15) is 11.5 Å². The van der Waals surface area contributed by atoms with E-state index in [-0.39, 0.29) is 0 Å². The molecule has 1 heteroatoms. The van der Waals surface area contributed by atoms with Gasteiger partial charge in [0.15, 0.2) is 0 Å². The van der Waals surface area contributed by atoms with Crippen LogP contribution in [0.4, 0.5) is 0 Å². The number of fused-ring (bicyclic) bond motifs is 1. The lowest BCUT2D eigenvalue weighted by Gasteiger charge is -2.38. The number of hydrogen-bond acceptors (Lipinski definition) is 1. The summed E-state index contributed by atoms with van der Waals surface area (Å²) in [5.74, 6) is 11.2. The molecule has 26 heavy (non-hydrogen) atoms. The van der Waals surface area contributed by atoms with Gasteiger partial charge >= 0.3 is 0 Å². The Balaban J connectivity index is 1.52. The standard InChI is InChI=1S/C25H40O/c1-14-12-20(13-23-18(5)16(3)17(4)19(23)6)21-8-7-9-22(25(14)21)24-11-10-15(2)26-24/h10-11,14,16-23,25H,7-9,12-13H2,1-6H3. The minimum atomic E-state index is 0.679. The molecule has 1 aromatic rings. The second-order valence-corrected chi connectivity index (χ2v) is 10.5. The van der Waals surface area contributed by atoms with Gasteiger partial charge in [-0.2, -0.15) is 0 Å². The van der Waals surface area contributed by atoms with Crippen molar-refractivity contribution >= 4 is 0 Å². The van der Waals surface area contributed by atoms with Crippen molar-refractivity contribution in [1.29, 1.82) is 0 Å². The van der Waals surface area contributed by atoms with E-state index in [1.165, 1.54) is 37.9 Å². The SMILES string of the molecule is Cc1ccc(C2CCCC3C(CC4C(C)C(C)C(C)C4C)CC(C)C23)o1. The van der Waals surface area contributed by atoms with E-state index in [2.05, 4.69) is 53.7 Å². The van der Waals surface area contributed by atoms with Crippen molar-refractivity contribution in [2.24, 2.45) is 53.3 Å². The first-order valence-corrected chi connectivity index (χ1v) is 11.4. The smallest absolute Gasteiger partial charge is 0.107 e. The fraction of sp³-hybridized carbons (Fsp3) is 0.840. The summed E-state index contributed by atoms with van der Waals surface area (Å²) in [6.07, 6.45) is 7.17. The molecule has 0 radical (unpaired) electrons. The quantitative estimate of drug-likeness (QED) is 0.553. The summed E-state index contributed by atoms with van der Waals surface area (Å²) in [5.41, 5.74) is 0. The van der Waals surface area contributed by atoms with Crippen LogP contribution in [0.5, 0.6) is 0 Å². The largest absolute Gasteiger partial charge is 0.466 e. The van der Waals surface area contributed by atoms with Gasteiger partial charge in [0, 0.05) is 5.92 Å². The second kappa shape index (κ2) is 7.02. The zero-order valence-electron chi connectivity index (χ0n) is 17.9. The van der Waals surface area contributed by atoms with Crippen molar-refractivity contribution in [3.05, 3.63) is 23.7 Å². The highest BCUT2D eigenvalue weighted by molar-refractivity contribution is 5.15. The monoisotopic (exact) mass is 356 g/mol. The maximum atomic E-state index is 6.11. The molecule has 4 rings (SSSR count). The Morgan fingerprint density at radius 1 is 0.923 bits per heavy atom. The Labute approximate surface area is 161 Å². The lowest BCUT2D eigenvalue weighted by atomic mass is 9.67. The molecule has 1 heterocycles. The average molecular weight is 357 g/mol. The van der Waals surface area contributed by atoms with Gasteiger partial charge in [-0.25, -0.2) is 0 Å². The molecule has 146 valence electrons. The van der Waals surface area contributed by atoms with Crippen LogP contribution in [-0.2, 0) is 0 Å². The Hall–Kier alpha value is -0.720. The van der Waals surface area contributed by atoms with E-state index >= 15 is 0 Å². The van der Waals surface area contributed by atoms with Crippen LogP contribution in [0, 0.1) is 60.2 Å². The summed E-state index contributed by atoms with van der Waals surface area (Å²) in [4.78, 5) is 0. The fourth-order valence-corrected chi connectivity index (χ4v) is 7.69. The molecule has 0 spiro atoms. The minimum absolute atomic E-state index is 0.679. The van der Waals surface area contributed by atoms with E-state index in [1.807, 2.05) is 0 Å². The van der Waals surface area contributed by atoms with Crippen LogP contribution >= 0.6 is 0 Å². The van der Waals surface area contributed by atoms with E-state index in [0.717, 1.165) is 59.0 Å². The zero-order chi connectivity index (χ0) is 18.6. The second-order valence-electron chi connectivity index (χ2n) is 10.5. The predicted octanol–water partition coefficient (Wildman–Crippen LogP) is 7.31. The lowest BCUT2D eigenvalue weighted by molar-refractivity contribution is 0.139. The van der Waals surface area contributed by atoms with Gasteiger partial charge in [0.05, 0.1) is 0 Å². The third kappa shape index (κ3) is 2.98. The van der Waals surface area contributed by atoms with Crippen LogP contribution in [0.3, 0.4) is 0 Å². The fourth-order valence-electron chi connectivity index (χ4n) is 7.69. The molecule has 1 aromatic heterocycles. The molecule has 0 N–H and O–H groups in total. The maximum absolute atomic E-state index is 6.11. The van der Waals surface area contributed by atoms with Crippen LogP contribution in [-0.4, -0.2) is 0 Å². The molecular formula is C25H40O. The van der Waals surface area contributed by atoms with Crippen LogP contribution in [0.15, 0.2) is 16.5 Å². The minimum Gasteiger partial charge on any atom is -0.466 e. The van der Waals surface area contributed by atoms with Gasteiger partial charge in [0.25, 0.3) is 0 Å². The van der Waals surface area contributed by atoms with E-state index in [0.29, 0.717) is 5.92 Å². The molecule has 3 aliphatic rings. The molecule has 1 nitrogen and oxygen atoms in total. The number of furan rings is 1. The van der Waals surface area contributed by atoms with Gasteiger partial charge in [-0.05, 0) is 98.0 Å². The predicted molar refractivity (Wildman–Crippen MR) is 109 cm³/mol. The third-order valence-corrected chi connectivity index (χ3v) is 9.49. The first-order valence-electron chi connectivity index (χ1n) is 11.4. The van der Waals surface area contributed by atoms with Gasteiger partial charge in [0.2, 0.25) is 0 Å². The Kier molecular flexibility index (Phi) is 5.03. The molecule has 3 saturated carbocycles. The van der Waals surface area contributed by atoms with Crippen molar-refractivity contribution < 1.29 is 4.42 Å². The molecule has 0 aromatic carbocycles. The van der Waals surface area contributed by atoms with Gasteiger partial charge in [-0.1, -0.05) is 41.0 Å². The normalized spacial score (nSPS) is 48.7. The van der Waals surface area contributed by atoms with Crippen LogP contribution in [0.2, 0.25) is 0 Å². The van der Waals surface area contributed by atoms with Crippen molar-refractivity contribution in [3.63, 3.8) is 0 Å². The average Bonchev–Trinajstić information content (AvgIpc) is 3.25. The van der Waals surface area contributed by atoms with Gasteiger partial charge in [-0.15, -0.1) is 0 Å². The molecule has 0 aliphatic heterocycles. The molecule has 9 unspecified atom stereocenters. The number of rotatable bonds is 3. The third-order valence-electron chi connectivity index (χ3n) is 9.49. The molecule has 9 atom stereocenters. The zero-order valence-corrected chi connectivity index (χ0v) is 17.9. The van der Waals surface area contributed by atoms with E-state index in [1.54, 1.807) is 0 Å². The van der Waals surface area contributed by atoms with Crippen LogP contribution < -0.4 is 0 Å². The summed E-state index contributed by atoms with van der Waals surface area (Å²) >= 11 is 0. The van der Waals surface area contributed by atoms with Crippen molar-refractivity contribution in [3.8, 4) is 0 Å². The first kappa shape index (κ1) is 18.6. The van der Waals surface area contributed by atoms with Crippen LogP contribution in [0.1, 0.15) is 84.2 Å². The Bertz CT molecular complexity index is 601. The topological polar surface area (TPSA) is 13.1 Å². The highest BCUT2D eigenvalue weighted by atomic mass is 16.3. The number of aryl methyl sites for hydroxylation is 1. The maximum Gasteiger partial charge on any atom is 0.107 e. The van der Waals surface area contributed by atoms with Crippen molar-refractivity contribution in [2.45, 2.75) is 79.6 Å². The van der Waals surface area contributed by atoms with Crippen LogP contribution in [0.25, 0.3) is 0 Å². The molecular weight excluding hydrogens is 316 g/mol. The highest BCUT2D eigenvalue weighted by Crippen LogP contribution is 2.58. The van der Waals surface area contributed by atoms with Crippen molar-refractivity contribution in [1.82, 2.24) is 0 Å². The summed E-state index contributed by atoms with van der Waals surface area (Å²) in [7, 11) is 0. The van der Waals surface area contributed by atoms with E-state index in [9.17, 15) is 0 Å². The summed E-state index contributed by atoms with van der Waals surface area (Å²) < 4.78 is 6.11. The molecule has 3 aliphatic carbocycles. The lowest BCUT2D eigenvalue weighted by Crippen LogP contribution is -2.29. The Morgan fingerprint density at radius 3 is 2.23 bits per heavy atom. The Morgan fingerprint density at radius 2 is 1.62 bits per heavy atom. The van der Waals surface area contributed by atoms with E-state index < -0.39 is 0 Å². The van der Waals surface area contributed by atoms with E-state index in [4.69, 9.17) is 4.42 Å². The van der Waals surface area contributed by atoms with Gasteiger partial charge < -0.3 is 4.42 Å². The molecule has 0 amide bonds. The van der Waals surface area contributed by atoms with Crippen molar-refractivity contribution in [2.75, 3.05) is 0 Å². The summed E-state index contributed by atoms with van der Waals surface area (Å²) in [6.45, 7) is 14.7. The molecule has 0 saturated heterocycles. The molecule has 3 fully saturated rings. The number of hydrogen-bond donors (Lipinski definition) is 0. The molecule has 0 bridgehead atoms. The van der Waals surface area contributed by atoms with Gasteiger partial charge in [-0.3, -0.25) is 0 Å². The summed E-state index contributed by atoms with van der Waals surface area (Å²) in [5, 5.41) is 0. The highest BCUT2D eigenvalue weighted by Gasteiger charge is 2.50. The first-order chi connectivity index (χ1) is 12.4.